The molecule has 4 nitrogen and oxygen atoms in total. The molecule has 4 aromatic rings. The van der Waals surface area contributed by atoms with Crippen LogP contribution in [0.1, 0.15) is 48.9 Å². The van der Waals surface area contributed by atoms with Crippen LogP contribution in [0.25, 0.3) is 22.2 Å². The zero-order chi connectivity index (χ0) is 23.7. The van der Waals surface area contributed by atoms with Crippen molar-refractivity contribution in [1.82, 2.24) is 15.3 Å². The summed E-state index contributed by atoms with van der Waals surface area (Å²) < 4.78 is 26.9. The molecule has 2 aromatic heterocycles. The van der Waals surface area contributed by atoms with Crippen molar-refractivity contribution >= 4 is 16.8 Å². The monoisotopic (exact) mass is 459 g/mol. The quantitative estimate of drug-likeness (QED) is 0.366. The Hall–Kier alpha value is -3.54. The molecular formula is C28H27F2N3O. The van der Waals surface area contributed by atoms with E-state index in [1.165, 1.54) is 6.07 Å². The topological polar surface area (TPSA) is 57.8 Å². The number of aromatic nitrogens is 2. The van der Waals surface area contributed by atoms with Crippen molar-refractivity contribution in [1.29, 1.82) is 0 Å². The van der Waals surface area contributed by atoms with Gasteiger partial charge < -0.3 is 10.3 Å². The minimum atomic E-state index is -0.940. The van der Waals surface area contributed by atoms with Crippen LogP contribution >= 0.6 is 0 Å². The number of halogens is 2. The van der Waals surface area contributed by atoms with Gasteiger partial charge in [-0.2, -0.15) is 0 Å². The lowest BCUT2D eigenvalue weighted by Crippen LogP contribution is -2.48. The molecular weight excluding hydrogens is 432 g/mol. The third-order valence-corrected chi connectivity index (χ3v) is 6.85. The van der Waals surface area contributed by atoms with E-state index in [1.807, 2.05) is 24.4 Å². The maximum atomic E-state index is 13.6. The van der Waals surface area contributed by atoms with Gasteiger partial charge in [-0.05, 0) is 61.2 Å². The second-order valence-corrected chi connectivity index (χ2v) is 9.26. The summed E-state index contributed by atoms with van der Waals surface area (Å²) in [6, 6.07) is 15.9. The number of benzene rings is 2. The van der Waals surface area contributed by atoms with Crippen LogP contribution in [0.5, 0.6) is 0 Å². The molecule has 0 saturated heterocycles. The van der Waals surface area contributed by atoms with Gasteiger partial charge in [-0.15, -0.1) is 0 Å². The van der Waals surface area contributed by atoms with Gasteiger partial charge in [0.1, 0.15) is 0 Å². The number of carbonyl (C=O) groups excluding carboxylic acids is 1. The molecule has 2 aromatic carbocycles. The molecule has 0 spiro atoms. The number of hydrogen-bond donors (Lipinski definition) is 2. The average molecular weight is 460 g/mol. The highest BCUT2D eigenvalue weighted by Gasteiger charge is 2.36. The van der Waals surface area contributed by atoms with Gasteiger partial charge in [-0.1, -0.05) is 43.5 Å². The molecule has 0 unspecified atom stereocenters. The number of carbonyl (C=O) groups is 1. The summed E-state index contributed by atoms with van der Waals surface area (Å²) in [4.78, 5) is 21.2. The van der Waals surface area contributed by atoms with E-state index >= 15 is 0 Å². The van der Waals surface area contributed by atoms with Crippen LogP contribution in [-0.2, 0) is 16.8 Å². The number of pyridine rings is 1. The Morgan fingerprint density at radius 2 is 1.82 bits per heavy atom. The first-order valence-electron chi connectivity index (χ1n) is 11.7. The van der Waals surface area contributed by atoms with Crippen molar-refractivity contribution in [2.45, 2.75) is 51.0 Å². The van der Waals surface area contributed by atoms with Crippen LogP contribution in [0.15, 0.2) is 60.8 Å². The average Bonchev–Trinajstić information content (AvgIpc) is 3.33. The van der Waals surface area contributed by atoms with Gasteiger partial charge in [0.2, 0.25) is 5.91 Å². The van der Waals surface area contributed by atoms with E-state index in [0.29, 0.717) is 5.56 Å². The summed E-state index contributed by atoms with van der Waals surface area (Å²) in [6.45, 7) is 2.09. The lowest BCUT2D eigenvalue weighted by atomic mass is 9.79. The van der Waals surface area contributed by atoms with Crippen LogP contribution in [0.2, 0.25) is 0 Å². The predicted molar refractivity (Wildman–Crippen MR) is 129 cm³/mol. The minimum absolute atomic E-state index is 0.00204. The maximum absolute atomic E-state index is 13.6. The molecule has 34 heavy (non-hydrogen) atoms. The second-order valence-electron chi connectivity index (χ2n) is 9.26. The molecule has 0 radical (unpaired) electrons. The normalized spacial score (nSPS) is 15.4. The Morgan fingerprint density at radius 1 is 1.03 bits per heavy atom. The predicted octanol–water partition coefficient (Wildman–Crippen LogP) is 6.33. The highest BCUT2D eigenvalue weighted by Crippen LogP contribution is 2.38. The number of aromatic amines is 1. The van der Waals surface area contributed by atoms with E-state index in [4.69, 9.17) is 4.98 Å². The van der Waals surface area contributed by atoms with Gasteiger partial charge in [0.25, 0.3) is 0 Å². The van der Waals surface area contributed by atoms with Gasteiger partial charge in [-0.25, -0.2) is 13.8 Å². The second kappa shape index (κ2) is 9.01. The molecule has 1 fully saturated rings. The Balaban J connectivity index is 1.43. The van der Waals surface area contributed by atoms with Gasteiger partial charge in [0, 0.05) is 22.8 Å². The van der Waals surface area contributed by atoms with Gasteiger partial charge in [0.05, 0.1) is 23.2 Å². The number of para-hydroxylation sites is 1. The first-order valence-corrected chi connectivity index (χ1v) is 11.7. The Morgan fingerprint density at radius 3 is 2.62 bits per heavy atom. The van der Waals surface area contributed by atoms with Gasteiger partial charge >= 0.3 is 0 Å². The number of fused-ring (bicyclic) bond motifs is 1. The van der Waals surface area contributed by atoms with Crippen molar-refractivity contribution in [3.8, 4) is 11.3 Å². The molecule has 1 saturated carbocycles. The summed E-state index contributed by atoms with van der Waals surface area (Å²) >= 11 is 0. The van der Waals surface area contributed by atoms with E-state index in [1.54, 1.807) is 0 Å². The zero-order valence-electron chi connectivity index (χ0n) is 19.1. The van der Waals surface area contributed by atoms with E-state index in [9.17, 15) is 13.6 Å². The number of hydrogen-bond acceptors (Lipinski definition) is 2. The summed E-state index contributed by atoms with van der Waals surface area (Å²) in [5.41, 5.74) is 4.86. The third-order valence-electron chi connectivity index (χ3n) is 6.85. The highest BCUT2D eigenvalue weighted by atomic mass is 19.2. The maximum Gasteiger partial charge on any atom is 0.225 e. The number of nitrogens with zero attached hydrogens (tertiary/aromatic N) is 1. The van der Waals surface area contributed by atoms with Crippen LogP contribution in [0.3, 0.4) is 0 Å². The number of amides is 1. The number of rotatable bonds is 5. The highest BCUT2D eigenvalue weighted by molar-refractivity contribution is 5.85. The molecule has 0 aliphatic heterocycles. The largest absolute Gasteiger partial charge is 0.362 e. The lowest BCUT2D eigenvalue weighted by Gasteiger charge is -2.37. The third kappa shape index (κ3) is 4.32. The number of H-pyrrole nitrogens is 1. The minimum Gasteiger partial charge on any atom is -0.362 e. The van der Waals surface area contributed by atoms with Crippen molar-refractivity contribution in [2.75, 3.05) is 0 Å². The molecule has 5 rings (SSSR count). The molecule has 6 heteroatoms. The molecule has 2 N–H and O–H groups in total. The fourth-order valence-corrected chi connectivity index (χ4v) is 5.08. The smallest absolute Gasteiger partial charge is 0.225 e. The van der Waals surface area contributed by atoms with Crippen LogP contribution in [0, 0.1) is 18.6 Å². The number of nitrogens with one attached hydrogen (secondary N) is 2. The summed E-state index contributed by atoms with van der Waals surface area (Å²) in [7, 11) is 0. The first kappa shape index (κ1) is 22.3. The summed E-state index contributed by atoms with van der Waals surface area (Å²) in [6.07, 6.45) is 6.73. The lowest BCUT2D eigenvalue weighted by molar-refractivity contribution is -0.123. The zero-order valence-corrected chi connectivity index (χ0v) is 19.1. The SMILES string of the molecule is Cc1cc(-c2c[nH]c(C3(NC(=O)Cc4ccc(F)c(F)c4)CCCCC3)c2)nc2ccccc12. The van der Waals surface area contributed by atoms with Crippen LogP contribution in [-0.4, -0.2) is 15.9 Å². The van der Waals surface area contributed by atoms with E-state index in [-0.39, 0.29) is 12.3 Å². The fraction of sp³-hybridized carbons (Fsp3) is 0.286. The van der Waals surface area contributed by atoms with E-state index < -0.39 is 17.2 Å². The fourth-order valence-electron chi connectivity index (χ4n) is 5.08. The molecule has 1 amide bonds. The van der Waals surface area contributed by atoms with E-state index in [2.05, 4.69) is 35.4 Å². The number of aryl methyl sites for hydroxylation is 1. The molecule has 1 aliphatic carbocycles. The molecule has 2 heterocycles. The standard InChI is InChI=1S/C28H27F2N3O/c1-18-13-25(32-24-8-4-3-7-21(18)24)20-16-26(31-17-20)28(11-5-2-6-12-28)33-27(34)15-19-9-10-22(29)23(30)14-19/h3-4,7-10,13-14,16-17,31H,2,5-6,11-12,15H2,1H3,(H,33,34). The van der Waals surface area contributed by atoms with Crippen molar-refractivity contribution in [3.05, 3.63) is 89.2 Å². The van der Waals surface area contributed by atoms with Gasteiger partial charge in [0.15, 0.2) is 11.6 Å². The summed E-state index contributed by atoms with van der Waals surface area (Å²) in [5.74, 6) is -2.06. The molecule has 0 bridgehead atoms. The summed E-state index contributed by atoms with van der Waals surface area (Å²) in [5, 5.41) is 4.36. The first-order chi connectivity index (χ1) is 16.4. The van der Waals surface area contributed by atoms with E-state index in [0.717, 1.165) is 77.7 Å². The molecule has 174 valence electrons. The Bertz CT molecular complexity index is 1360. The van der Waals surface area contributed by atoms with Crippen molar-refractivity contribution in [2.24, 2.45) is 0 Å². The van der Waals surface area contributed by atoms with Gasteiger partial charge in [-0.3, -0.25) is 4.79 Å². The Labute approximate surface area is 197 Å². The Kier molecular flexibility index (Phi) is 5.90. The molecule has 1 aliphatic rings. The van der Waals surface area contributed by atoms with Crippen molar-refractivity contribution in [3.63, 3.8) is 0 Å². The van der Waals surface area contributed by atoms with Crippen LogP contribution in [0.4, 0.5) is 8.78 Å². The molecule has 0 atom stereocenters. The van der Waals surface area contributed by atoms with Crippen molar-refractivity contribution < 1.29 is 13.6 Å². The van der Waals surface area contributed by atoms with Crippen LogP contribution < -0.4 is 5.32 Å².